The Balaban J connectivity index is 2.08. The first-order valence-electron chi connectivity index (χ1n) is 5.93. The molecule has 1 saturated carbocycles. The number of rotatable bonds is 2. The summed E-state index contributed by atoms with van der Waals surface area (Å²) in [7, 11) is 0. The van der Waals surface area contributed by atoms with Gasteiger partial charge in [0, 0.05) is 5.71 Å². The molecular formula is C11H17N5O. The molecule has 1 aromatic heterocycles. The number of nitrogens with zero attached hydrogens (tertiary/aromatic N) is 3. The number of anilines is 1. The van der Waals surface area contributed by atoms with Crippen molar-refractivity contribution in [3.05, 3.63) is 16.0 Å². The summed E-state index contributed by atoms with van der Waals surface area (Å²) >= 11 is 0. The molecule has 0 aliphatic heterocycles. The van der Waals surface area contributed by atoms with Crippen LogP contribution in [0.1, 0.15) is 38.3 Å². The van der Waals surface area contributed by atoms with E-state index in [1.807, 2.05) is 0 Å². The van der Waals surface area contributed by atoms with Crippen LogP contribution in [0.5, 0.6) is 0 Å². The molecule has 1 aromatic rings. The third-order valence-corrected chi connectivity index (χ3v) is 3.05. The molecule has 0 spiro atoms. The molecule has 1 heterocycles. The summed E-state index contributed by atoms with van der Waals surface area (Å²) in [4.78, 5) is 13.9. The largest absolute Gasteiger partial charge is 0.288 e. The van der Waals surface area contributed by atoms with Crippen LogP contribution in [0.2, 0.25) is 0 Å². The van der Waals surface area contributed by atoms with Crippen LogP contribution < -0.4 is 11.0 Å². The maximum atomic E-state index is 11.3. The van der Waals surface area contributed by atoms with Crippen molar-refractivity contribution in [2.45, 2.75) is 39.5 Å². The van der Waals surface area contributed by atoms with Crippen molar-refractivity contribution in [2.24, 2.45) is 11.0 Å². The number of H-pyrrole nitrogens is 1. The van der Waals surface area contributed by atoms with Gasteiger partial charge in [0.25, 0.3) is 5.56 Å². The molecule has 2 N–H and O–H groups in total. The number of aryl methyl sites for hydroxylation is 1. The Morgan fingerprint density at radius 2 is 2.24 bits per heavy atom. The van der Waals surface area contributed by atoms with Crippen molar-refractivity contribution < 1.29 is 0 Å². The molecule has 1 atom stereocenters. The van der Waals surface area contributed by atoms with Crippen LogP contribution in [0.4, 0.5) is 5.95 Å². The fraction of sp³-hybridized carbons (Fsp3) is 0.636. The van der Waals surface area contributed by atoms with Gasteiger partial charge in [0.1, 0.15) is 5.69 Å². The Hall–Kier alpha value is -1.72. The average molecular weight is 235 g/mol. The van der Waals surface area contributed by atoms with Gasteiger partial charge in [-0.25, -0.2) is 5.43 Å². The SMILES string of the molecule is Cc1nnc(N/N=C2/CCCC[C@H]2C)[nH]c1=O. The van der Waals surface area contributed by atoms with Gasteiger partial charge in [-0.1, -0.05) is 13.3 Å². The van der Waals surface area contributed by atoms with Crippen LogP contribution in [0.3, 0.4) is 0 Å². The van der Waals surface area contributed by atoms with Gasteiger partial charge in [0.15, 0.2) is 0 Å². The second kappa shape index (κ2) is 5.07. The third kappa shape index (κ3) is 2.89. The van der Waals surface area contributed by atoms with E-state index in [9.17, 15) is 4.79 Å². The quantitative estimate of drug-likeness (QED) is 0.760. The first-order chi connectivity index (χ1) is 8.16. The lowest BCUT2D eigenvalue weighted by atomic mass is 9.89. The van der Waals surface area contributed by atoms with Gasteiger partial charge in [-0.15, -0.1) is 10.2 Å². The number of aromatic nitrogens is 3. The number of hydrogen-bond donors (Lipinski definition) is 2. The highest BCUT2D eigenvalue weighted by atomic mass is 16.1. The molecule has 0 bridgehead atoms. The van der Waals surface area contributed by atoms with E-state index in [4.69, 9.17) is 0 Å². The molecule has 0 radical (unpaired) electrons. The minimum atomic E-state index is -0.237. The lowest BCUT2D eigenvalue weighted by Crippen LogP contribution is -2.19. The minimum Gasteiger partial charge on any atom is -0.288 e. The van der Waals surface area contributed by atoms with E-state index >= 15 is 0 Å². The Morgan fingerprint density at radius 3 is 2.94 bits per heavy atom. The summed E-state index contributed by atoms with van der Waals surface area (Å²) in [6.45, 7) is 3.79. The maximum absolute atomic E-state index is 11.3. The predicted molar refractivity (Wildman–Crippen MR) is 66.1 cm³/mol. The summed E-state index contributed by atoms with van der Waals surface area (Å²) in [5.41, 5.74) is 4.03. The number of aromatic amines is 1. The smallest absolute Gasteiger partial charge is 0.274 e. The number of hydrogen-bond acceptors (Lipinski definition) is 5. The van der Waals surface area contributed by atoms with Crippen LogP contribution >= 0.6 is 0 Å². The van der Waals surface area contributed by atoms with E-state index in [-0.39, 0.29) is 5.56 Å². The standard InChI is InChI=1S/C11H17N5O/c1-7-5-3-4-6-9(7)14-16-11-12-10(17)8(2)13-15-11/h7H,3-6H2,1-2H3,(H2,12,15,16,17)/b14-9-/t7-/m1/s1. The van der Waals surface area contributed by atoms with Gasteiger partial charge < -0.3 is 0 Å². The Kier molecular flexibility index (Phi) is 3.51. The van der Waals surface area contributed by atoms with Crippen LogP contribution in [-0.4, -0.2) is 20.9 Å². The molecule has 92 valence electrons. The molecular weight excluding hydrogens is 218 g/mol. The predicted octanol–water partition coefficient (Wildman–Crippen LogP) is 1.45. The minimum absolute atomic E-state index is 0.237. The van der Waals surface area contributed by atoms with Crippen molar-refractivity contribution in [3.8, 4) is 0 Å². The molecule has 0 saturated heterocycles. The molecule has 1 aliphatic rings. The van der Waals surface area contributed by atoms with Gasteiger partial charge in [-0.2, -0.15) is 5.10 Å². The number of hydrazone groups is 1. The first kappa shape index (κ1) is 11.8. The zero-order chi connectivity index (χ0) is 12.3. The molecule has 6 nitrogen and oxygen atoms in total. The summed E-state index contributed by atoms with van der Waals surface area (Å²) in [5, 5.41) is 11.9. The zero-order valence-corrected chi connectivity index (χ0v) is 10.2. The van der Waals surface area contributed by atoms with Crippen LogP contribution in [0.25, 0.3) is 0 Å². The van der Waals surface area contributed by atoms with Crippen LogP contribution in [0.15, 0.2) is 9.90 Å². The van der Waals surface area contributed by atoms with Crippen molar-refractivity contribution in [3.63, 3.8) is 0 Å². The summed E-state index contributed by atoms with van der Waals surface area (Å²) in [6, 6.07) is 0. The lowest BCUT2D eigenvalue weighted by molar-refractivity contribution is 0.558. The highest BCUT2D eigenvalue weighted by molar-refractivity contribution is 5.87. The highest BCUT2D eigenvalue weighted by Gasteiger charge is 2.15. The second-order valence-corrected chi connectivity index (χ2v) is 4.45. The highest BCUT2D eigenvalue weighted by Crippen LogP contribution is 2.20. The monoisotopic (exact) mass is 235 g/mol. The molecule has 1 fully saturated rings. The van der Waals surface area contributed by atoms with Crippen LogP contribution in [0, 0.1) is 12.8 Å². The topological polar surface area (TPSA) is 83.0 Å². The molecule has 0 amide bonds. The third-order valence-electron chi connectivity index (χ3n) is 3.05. The fourth-order valence-electron chi connectivity index (χ4n) is 1.90. The molecule has 0 aromatic carbocycles. The maximum Gasteiger partial charge on any atom is 0.274 e. The van der Waals surface area contributed by atoms with E-state index in [2.05, 4.69) is 32.6 Å². The van der Waals surface area contributed by atoms with E-state index in [0.29, 0.717) is 17.6 Å². The molecule has 1 aliphatic carbocycles. The second-order valence-electron chi connectivity index (χ2n) is 4.45. The first-order valence-corrected chi connectivity index (χ1v) is 5.93. The zero-order valence-electron chi connectivity index (χ0n) is 10.2. The summed E-state index contributed by atoms with van der Waals surface area (Å²) < 4.78 is 0. The van der Waals surface area contributed by atoms with E-state index < -0.39 is 0 Å². The van der Waals surface area contributed by atoms with Gasteiger partial charge in [0.2, 0.25) is 5.95 Å². The number of nitrogens with one attached hydrogen (secondary N) is 2. The average Bonchev–Trinajstić information content (AvgIpc) is 2.32. The van der Waals surface area contributed by atoms with Gasteiger partial charge in [-0.05, 0) is 32.1 Å². The Morgan fingerprint density at radius 1 is 1.41 bits per heavy atom. The van der Waals surface area contributed by atoms with Crippen molar-refractivity contribution in [1.82, 2.24) is 15.2 Å². The van der Waals surface area contributed by atoms with Crippen molar-refractivity contribution in [1.29, 1.82) is 0 Å². The molecule has 17 heavy (non-hydrogen) atoms. The van der Waals surface area contributed by atoms with Crippen LogP contribution in [-0.2, 0) is 0 Å². The normalized spacial score (nSPS) is 22.7. The summed E-state index contributed by atoms with van der Waals surface area (Å²) in [5.74, 6) is 0.798. The van der Waals surface area contributed by atoms with Crippen molar-refractivity contribution in [2.75, 3.05) is 5.43 Å². The molecule has 0 unspecified atom stereocenters. The Labute approximate surface area is 99.5 Å². The van der Waals surface area contributed by atoms with E-state index in [0.717, 1.165) is 12.1 Å². The van der Waals surface area contributed by atoms with Gasteiger partial charge >= 0.3 is 0 Å². The van der Waals surface area contributed by atoms with Gasteiger partial charge in [0.05, 0.1) is 0 Å². The molecule has 6 heteroatoms. The van der Waals surface area contributed by atoms with E-state index in [1.54, 1.807) is 6.92 Å². The van der Waals surface area contributed by atoms with Crippen molar-refractivity contribution >= 4 is 11.7 Å². The molecule has 2 rings (SSSR count). The fourth-order valence-corrected chi connectivity index (χ4v) is 1.90. The van der Waals surface area contributed by atoms with Gasteiger partial charge in [-0.3, -0.25) is 9.78 Å². The Bertz CT molecular complexity index is 479. The van der Waals surface area contributed by atoms with E-state index in [1.165, 1.54) is 19.3 Å². The lowest BCUT2D eigenvalue weighted by Gasteiger charge is -2.19. The summed E-state index contributed by atoms with van der Waals surface area (Å²) in [6.07, 6.45) is 4.64.